The van der Waals surface area contributed by atoms with E-state index in [4.69, 9.17) is 14.5 Å². The molecule has 0 amide bonds. The lowest BCUT2D eigenvalue weighted by Gasteiger charge is -2.06. The van der Waals surface area contributed by atoms with Crippen LogP contribution in [0.4, 0.5) is 0 Å². The monoisotopic (exact) mass is 287 g/mol. The first-order chi connectivity index (χ1) is 8.88. The molecule has 0 atom stereocenters. The van der Waals surface area contributed by atoms with Gasteiger partial charge in [0.15, 0.2) is 0 Å². The van der Waals surface area contributed by atoms with Gasteiger partial charge < -0.3 is 19.8 Å². The first-order valence-electron chi connectivity index (χ1n) is 5.26. The van der Waals surface area contributed by atoms with Crippen molar-refractivity contribution >= 4 is 19.9 Å². The zero-order valence-corrected chi connectivity index (χ0v) is 11.0. The highest BCUT2D eigenvalue weighted by Crippen LogP contribution is 2.34. The van der Waals surface area contributed by atoms with Gasteiger partial charge >= 0.3 is 13.8 Å². The van der Waals surface area contributed by atoms with Crippen molar-refractivity contribution in [3.05, 3.63) is 36.0 Å². The van der Waals surface area contributed by atoms with Crippen molar-refractivity contribution in [1.29, 1.82) is 0 Å². The van der Waals surface area contributed by atoms with Gasteiger partial charge in [0.05, 0.1) is 0 Å². The molecule has 104 valence electrons. The quantitative estimate of drug-likeness (QED) is 0.238. The summed E-state index contributed by atoms with van der Waals surface area (Å²) >= 11 is 0. The Bertz CT molecular complexity index is 510. The third kappa shape index (κ3) is 6.73. The van der Waals surface area contributed by atoms with Crippen LogP contribution in [0.3, 0.4) is 0 Å². The minimum atomic E-state index is -4.47. The van der Waals surface area contributed by atoms with E-state index in [0.29, 0.717) is 11.3 Å². The van der Waals surface area contributed by atoms with Crippen LogP contribution >= 0.6 is 7.82 Å². The van der Waals surface area contributed by atoms with E-state index in [1.54, 1.807) is 30.3 Å². The van der Waals surface area contributed by atoms with Gasteiger partial charge in [0.2, 0.25) is 0 Å². The van der Waals surface area contributed by atoms with E-state index in [0.717, 1.165) is 0 Å². The Morgan fingerprint density at radius 1 is 1.42 bits per heavy atom. The van der Waals surface area contributed by atoms with E-state index >= 15 is 0 Å². The zero-order valence-electron chi connectivity index (χ0n) is 10.1. The molecule has 3 N–H and O–H groups in total. The summed E-state index contributed by atoms with van der Waals surface area (Å²) in [5.74, 6) is -0.0393. The molecule has 0 unspecified atom stereocenters. The number of rotatable bonds is 6. The average molecular weight is 287 g/mol. The molecule has 0 saturated heterocycles. The fourth-order valence-corrected chi connectivity index (χ4v) is 1.43. The van der Waals surface area contributed by atoms with Gasteiger partial charge in [0.25, 0.3) is 0 Å². The molecule has 0 aliphatic rings. The lowest BCUT2D eigenvalue weighted by Crippen LogP contribution is -2.09. The highest BCUT2D eigenvalue weighted by atomic mass is 31.2. The van der Waals surface area contributed by atoms with E-state index in [-0.39, 0.29) is 6.73 Å². The van der Waals surface area contributed by atoms with Crippen molar-refractivity contribution in [3.8, 4) is 5.75 Å². The zero-order chi connectivity index (χ0) is 14.3. The van der Waals surface area contributed by atoms with Crippen LogP contribution in [0.15, 0.2) is 30.5 Å². The molecule has 1 aromatic carbocycles. The summed E-state index contributed by atoms with van der Waals surface area (Å²) in [7, 11) is -4.47. The molecular formula is C11H14NO6P. The molecule has 1 aromatic rings. The summed E-state index contributed by atoms with van der Waals surface area (Å²) in [6.45, 7) is 0.961. The summed E-state index contributed by atoms with van der Waals surface area (Å²) in [6.07, 6.45) is 3.01. The second kappa shape index (κ2) is 7.06. The van der Waals surface area contributed by atoms with Crippen molar-refractivity contribution in [2.45, 2.75) is 6.92 Å². The third-order valence-electron chi connectivity index (χ3n) is 1.87. The number of carbonyl (C=O) groups excluding carboxylic acids is 1. The van der Waals surface area contributed by atoms with Gasteiger partial charge in [-0.05, 0) is 18.3 Å². The fraction of sp³-hybridized carbons (Fsp3) is 0.182. The topological polar surface area (TPSA) is 105 Å². The van der Waals surface area contributed by atoms with Crippen molar-refractivity contribution in [3.63, 3.8) is 0 Å². The average Bonchev–Trinajstić information content (AvgIpc) is 2.28. The first-order valence-corrected chi connectivity index (χ1v) is 6.79. The molecule has 0 aliphatic heterocycles. The van der Waals surface area contributed by atoms with E-state index < -0.39 is 13.8 Å². The number of para-hydroxylation sites is 1. The first kappa shape index (κ1) is 15.4. The molecule has 0 aliphatic carbocycles. The largest absolute Gasteiger partial charge is 0.471 e. The van der Waals surface area contributed by atoms with E-state index in [1.807, 2.05) is 0 Å². The number of nitrogens with one attached hydrogen (secondary N) is 1. The molecule has 0 radical (unpaired) electrons. The van der Waals surface area contributed by atoms with Gasteiger partial charge in [-0.3, -0.25) is 9.32 Å². The van der Waals surface area contributed by atoms with Gasteiger partial charge in [-0.25, -0.2) is 4.57 Å². The molecule has 8 heteroatoms. The SMILES string of the molecule is CC(=O)Oc1ccccc1/C=C/NCOP(=O)(O)O. The number of phosphoric ester groups is 1. The molecule has 19 heavy (non-hydrogen) atoms. The summed E-state index contributed by atoms with van der Waals surface area (Å²) in [6, 6.07) is 6.84. The molecule has 0 spiro atoms. The Balaban J connectivity index is 2.56. The molecule has 1 rings (SSSR count). The van der Waals surface area contributed by atoms with Gasteiger partial charge in [-0.2, -0.15) is 0 Å². The molecule has 0 heterocycles. The van der Waals surface area contributed by atoms with Crippen LogP contribution in [0.1, 0.15) is 12.5 Å². The smallest absolute Gasteiger partial charge is 0.426 e. The van der Waals surface area contributed by atoms with Crippen LogP contribution in [-0.2, 0) is 13.9 Å². The minimum absolute atomic E-state index is 0.337. The third-order valence-corrected chi connectivity index (χ3v) is 2.33. The number of esters is 1. The Labute approximate surface area is 110 Å². The van der Waals surface area contributed by atoms with Crippen molar-refractivity contribution in [1.82, 2.24) is 5.32 Å². The minimum Gasteiger partial charge on any atom is -0.426 e. The number of carbonyl (C=O) groups is 1. The normalized spacial score (nSPS) is 11.5. The lowest BCUT2D eigenvalue weighted by atomic mass is 10.2. The molecule has 0 fully saturated rings. The predicted molar refractivity (Wildman–Crippen MR) is 67.9 cm³/mol. The predicted octanol–water partition coefficient (Wildman–Crippen LogP) is 1.24. The fourth-order valence-electron chi connectivity index (χ4n) is 1.18. The lowest BCUT2D eigenvalue weighted by molar-refractivity contribution is -0.131. The number of benzene rings is 1. The second-order valence-corrected chi connectivity index (χ2v) is 4.67. The van der Waals surface area contributed by atoms with Crippen LogP contribution in [0.2, 0.25) is 0 Å². The Kier molecular flexibility index (Phi) is 5.72. The highest BCUT2D eigenvalue weighted by Gasteiger charge is 2.11. The maximum absolute atomic E-state index is 10.9. The molecular weight excluding hydrogens is 273 g/mol. The van der Waals surface area contributed by atoms with Gasteiger partial charge in [0, 0.05) is 12.5 Å². The standard InChI is InChI=1S/C11H14NO6P/c1-9(13)18-11-5-3-2-4-10(11)6-7-12-8-17-19(14,15)16/h2-7,12H,8H2,1H3,(H2,14,15,16)/b7-6+. The van der Waals surface area contributed by atoms with E-state index in [2.05, 4.69) is 9.84 Å². The second-order valence-electron chi connectivity index (χ2n) is 3.43. The van der Waals surface area contributed by atoms with E-state index in [9.17, 15) is 9.36 Å². The summed E-state index contributed by atoms with van der Waals surface area (Å²) < 4.78 is 19.6. The van der Waals surface area contributed by atoms with Crippen LogP contribution in [-0.4, -0.2) is 22.5 Å². The van der Waals surface area contributed by atoms with Crippen LogP contribution in [0.25, 0.3) is 6.08 Å². The molecule has 0 saturated carbocycles. The number of hydrogen-bond acceptors (Lipinski definition) is 5. The Hall–Kier alpha value is -1.66. The van der Waals surface area contributed by atoms with Gasteiger partial charge in [0.1, 0.15) is 12.5 Å². The van der Waals surface area contributed by atoms with Gasteiger partial charge in [-0.1, -0.05) is 18.2 Å². The molecule has 0 bridgehead atoms. The van der Waals surface area contributed by atoms with Crippen molar-refractivity contribution in [2.75, 3.05) is 6.73 Å². The Morgan fingerprint density at radius 3 is 2.74 bits per heavy atom. The number of phosphoric acid groups is 1. The van der Waals surface area contributed by atoms with Crippen LogP contribution in [0.5, 0.6) is 5.75 Å². The van der Waals surface area contributed by atoms with Crippen LogP contribution in [0, 0.1) is 0 Å². The van der Waals surface area contributed by atoms with E-state index in [1.165, 1.54) is 13.1 Å². The Morgan fingerprint density at radius 2 is 2.11 bits per heavy atom. The van der Waals surface area contributed by atoms with Crippen molar-refractivity contribution in [2.24, 2.45) is 0 Å². The maximum Gasteiger partial charge on any atom is 0.471 e. The van der Waals surface area contributed by atoms with Gasteiger partial charge in [-0.15, -0.1) is 0 Å². The van der Waals surface area contributed by atoms with Crippen LogP contribution < -0.4 is 10.1 Å². The molecule has 0 aromatic heterocycles. The summed E-state index contributed by atoms with van der Waals surface area (Å²) in [5.41, 5.74) is 0.640. The molecule has 7 nitrogen and oxygen atoms in total. The number of hydrogen-bond donors (Lipinski definition) is 3. The maximum atomic E-state index is 10.9. The summed E-state index contributed by atoms with van der Waals surface area (Å²) in [5, 5.41) is 2.54. The summed E-state index contributed by atoms with van der Waals surface area (Å²) in [4.78, 5) is 27.8. The number of ether oxygens (including phenoxy) is 1. The highest BCUT2D eigenvalue weighted by molar-refractivity contribution is 7.46. The van der Waals surface area contributed by atoms with Crippen molar-refractivity contribution < 1.29 is 28.4 Å².